The molecule has 2 saturated heterocycles. The van der Waals surface area contributed by atoms with Crippen molar-refractivity contribution in [3.63, 3.8) is 0 Å². The molecule has 0 spiro atoms. The largest absolute Gasteiger partial charge is 0.379 e. The number of methoxy groups -OCH3 is 2. The number of nitrogens with zero attached hydrogens (tertiary/aromatic N) is 4. The second-order valence-corrected chi connectivity index (χ2v) is 18.1. The molecular formula is C46H74N6O8. The van der Waals surface area contributed by atoms with Gasteiger partial charge in [0.1, 0.15) is 18.2 Å². The number of likely N-dealkylation sites (tertiary alicyclic amines) is 1. The van der Waals surface area contributed by atoms with Gasteiger partial charge in [-0.25, -0.2) is 5.06 Å². The van der Waals surface area contributed by atoms with Crippen molar-refractivity contribution in [2.24, 2.45) is 23.7 Å². The van der Waals surface area contributed by atoms with Gasteiger partial charge in [0.15, 0.2) is 0 Å². The van der Waals surface area contributed by atoms with E-state index in [1.54, 1.807) is 38.0 Å². The Morgan fingerprint density at radius 1 is 0.867 bits per heavy atom. The average molecular weight is 839 g/mol. The molecule has 5 rings (SSSR count). The summed E-state index contributed by atoms with van der Waals surface area (Å²) in [6.45, 7) is 14.1. The number of nitrogens with one attached hydrogen (secondary N) is 2. The molecule has 11 atom stereocenters. The van der Waals surface area contributed by atoms with E-state index in [4.69, 9.17) is 14.3 Å². The minimum absolute atomic E-state index is 0.00545. The van der Waals surface area contributed by atoms with Gasteiger partial charge in [-0.3, -0.25) is 33.7 Å². The minimum atomic E-state index is -0.873. The summed E-state index contributed by atoms with van der Waals surface area (Å²) in [5.74, 6) is -2.15. The molecule has 4 aliphatic rings. The van der Waals surface area contributed by atoms with Crippen LogP contribution >= 0.6 is 0 Å². The van der Waals surface area contributed by atoms with Gasteiger partial charge in [0, 0.05) is 34.2 Å². The quantitative estimate of drug-likeness (QED) is 0.174. The number of fused-ring (bicyclic) bond motifs is 2. The fourth-order valence-electron chi connectivity index (χ4n) is 9.42. The molecule has 0 radical (unpaired) electrons. The van der Waals surface area contributed by atoms with Crippen molar-refractivity contribution in [1.29, 1.82) is 0 Å². The summed E-state index contributed by atoms with van der Waals surface area (Å²) in [7, 11) is 8.56. The zero-order chi connectivity index (χ0) is 44.4. The molecule has 336 valence electrons. The third kappa shape index (κ3) is 11.7. The maximum absolute atomic E-state index is 14.4. The number of hydrogen-bond donors (Lipinski definition) is 2. The van der Waals surface area contributed by atoms with Gasteiger partial charge in [0.25, 0.3) is 5.91 Å². The summed E-state index contributed by atoms with van der Waals surface area (Å²) in [5.41, 5.74) is 0.904. The Hall–Kier alpha value is -3.85. The second-order valence-electron chi connectivity index (χ2n) is 18.1. The molecule has 5 amide bonds. The Balaban J connectivity index is 1.50. The maximum Gasteiger partial charge on any atom is 0.269 e. The van der Waals surface area contributed by atoms with E-state index in [-0.39, 0.29) is 72.3 Å². The Kier molecular flexibility index (Phi) is 18.1. The lowest BCUT2D eigenvalue weighted by Crippen LogP contribution is -2.60. The van der Waals surface area contributed by atoms with E-state index in [1.165, 1.54) is 5.06 Å². The number of hydrogen-bond acceptors (Lipinski definition) is 9. The fourth-order valence-corrected chi connectivity index (χ4v) is 9.42. The predicted octanol–water partition coefficient (Wildman–Crippen LogP) is 4.22. The molecule has 0 saturated carbocycles. The number of benzene rings is 1. The van der Waals surface area contributed by atoms with Crippen molar-refractivity contribution in [2.75, 3.05) is 41.9 Å². The third-order valence-electron chi connectivity index (χ3n) is 12.9. The maximum atomic E-state index is 14.4. The summed E-state index contributed by atoms with van der Waals surface area (Å²) < 4.78 is 12.1. The molecule has 60 heavy (non-hydrogen) atoms. The Morgan fingerprint density at radius 2 is 1.55 bits per heavy atom. The molecule has 2 bridgehead atoms. The van der Waals surface area contributed by atoms with Gasteiger partial charge in [-0.05, 0) is 63.1 Å². The number of hydroxylamine groups is 2. The highest BCUT2D eigenvalue weighted by atomic mass is 16.7. The molecule has 2 unspecified atom stereocenters. The van der Waals surface area contributed by atoms with Crippen molar-refractivity contribution < 1.29 is 38.3 Å². The van der Waals surface area contributed by atoms with Crippen LogP contribution in [0.1, 0.15) is 92.6 Å². The van der Waals surface area contributed by atoms with E-state index in [0.29, 0.717) is 13.0 Å². The summed E-state index contributed by atoms with van der Waals surface area (Å²) in [6.07, 6.45) is 6.55. The zero-order valence-corrected chi connectivity index (χ0v) is 38.3. The standard InChI is InChI=1S/C46H74N6O8/c1-13-30(6)41(50(10)46(57)39(28(2)3)48-44(55)40(29(4)5)49(8)9)37(58-11)27-38(53)51-25-17-20-36(51)42(59-12)31(7)43(54)47-35(26-32-18-15-14-16-19-32)45(56)52-33-21-23-34(60-52)24-22-33/h14-16,18-19,21,23,28-31,33-37,39-42H,13,17,20,22,24-27H2,1-12H3,(H,47,54)(H,48,55)/t30-,31+,33?,34?,35-,36-,37+,39-,40-,41-,42+/m0/s1. The van der Waals surface area contributed by atoms with Crippen molar-refractivity contribution >= 4 is 29.5 Å². The van der Waals surface area contributed by atoms with Gasteiger partial charge >= 0.3 is 0 Å². The van der Waals surface area contributed by atoms with Crippen LogP contribution in [0.3, 0.4) is 0 Å². The topological polar surface area (TPSA) is 150 Å². The monoisotopic (exact) mass is 839 g/mol. The van der Waals surface area contributed by atoms with Crippen LogP contribution in [0.15, 0.2) is 42.5 Å². The van der Waals surface area contributed by atoms with Crippen LogP contribution in [0.2, 0.25) is 0 Å². The number of amides is 5. The Labute approximate surface area is 359 Å². The molecule has 1 aromatic rings. The first-order chi connectivity index (χ1) is 28.4. The van der Waals surface area contributed by atoms with Crippen LogP contribution in [0, 0.1) is 23.7 Å². The Morgan fingerprint density at radius 3 is 2.07 bits per heavy atom. The van der Waals surface area contributed by atoms with Crippen molar-refractivity contribution in [3.05, 3.63) is 48.0 Å². The van der Waals surface area contributed by atoms with Gasteiger partial charge in [0.05, 0.1) is 48.7 Å². The predicted molar refractivity (Wildman–Crippen MR) is 231 cm³/mol. The fraction of sp³-hybridized carbons (Fsp3) is 0.717. The number of likely N-dealkylation sites (N-methyl/N-ethyl adjacent to an activating group) is 2. The normalized spacial score (nSPS) is 22.9. The molecule has 1 aromatic carbocycles. The Bertz CT molecular complexity index is 1610. The molecule has 14 heteroatoms. The van der Waals surface area contributed by atoms with Crippen molar-refractivity contribution in [2.45, 2.75) is 148 Å². The highest BCUT2D eigenvalue weighted by Crippen LogP contribution is 2.31. The van der Waals surface area contributed by atoms with Crippen LogP contribution in [0.25, 0.3) is 0 Å². The lowest BCUT2D eigenvalue weighted by Gasteiger charge is -2.42. The molecule has 3 aliphatic heterocycles. The number of ether oxygens (including phenoxy) is 2. The summed E-state index contributed by atoms with van der Waals surface area (Å²) in [6, 6.07) is 6.47. The average Bonchev–Trinajstić information content (AvgIpc) is 3.71. The first kappa shape index (κ1) is 48.8. The van der Waals surface area contributed by atoms with Crippen LogP contribution in [-0.4, -0.2) is 146 Å². The second kappa shape index (κ2) is 22.3. The van der Waals surface area contributed by atoms with Gasteiger partial charge in [-0.2, -0.15) is 0 Å². The lowest BCUT2D eigenvalue weighted by molar-refractivity contribution is -0.232. The molecule has 1 aliphatic carbocycles. The first-order valence-electron chi connectivity index (χ1n) is 22.1. The number of rotatable bonds is 21. The first-order valence-corrected chi connectivity index (χ1v) is 22.1. The van der Waals surface area contributed by atoms with E-state index in [9.17, 15) is 24.0 Å². The van der Waals surface area contributed by atoms with Crippen LogP contribution in [-0.2, 0) is 44.7 Å². The van der Waals surface area contributed by atoms with Crippen LogP contribution in [0.5, 0.6) is 0 Å². The molecule has 14 nitrogen and oxygen atoms in total. The highest BCUT2D eigenvalue weighted by Gasteiger charge is 2.44. The van der Waals surface area contributed by atoms with E-state index in [2.05, 4.69) is 10.6 Å². The van der Waals surface area contributed by atoms with E-state index in [0.717, 1.165) is 31.2 Å². The summed E-state index contributed by atoms with van der Waals surface area (Å²) in [4.78, 5) is 81.7. The van der Waals surface area contributed by atoms with Gasteiger partial charge in [0.2, 0.25) is 23.6 Å². The SMILES string of the molecule is CC[C@H](C)[C@@H]([C@@H](CC(=O)N1CCC[C@H]1[C@H](OC)[C@@H](C)C(=O)N[C@@H](Cc1ccccc1)C(=O)N1OC2C=CC1CC2)OC)N(C)C(=O)[C@@H](NC(=O)[C@H](C(C)C)N(C)C)C(C)C. The number of carbonyl (C=O) groups is 5. The molecule has 0 aromatic heterocycles. The third-order valence-corrected chi connectivity index (χ3v) is 12.9. The minimum Gasteiger partial charge on any atom is -0.379 e. The van der Waals surface area contributed by atoms with Crippen molar-refractivity contribution in [3.8, 4) is 0 Å². The zero-order valence-electron chi connectivity index (χ0n) is 38.3. The molecule has 3 heterocycles. The summed E-state index contributed by atoms with van der Waals surface area (Å²) >= 11 is 0. The van der Waals surface area contributed by atoms with Crippen molar-refractivity contribution in [1.82, 2.24) is 30.4 Å². The van der Waals surface area contributed by atoms with Gasteiger partial charge < -0.3 is 29.9 Å². The van der Waals surface area contributed by atoms with E-state index >= 15 is 0 Å². The van der Waals surface area contributed by atoms with E-state index in [1.807, 2.05) is 103 Å². The molecule has 2 N–H and O–H groups in total. The van der Waals surface area contributed by atoms with Gasteiger partial charge in [-0.1, -0.05) is 97.4 Å². The van der Waals surface area contributed by atoms with E-state index < -0.39 is 48.3 Å². The lowest BCUT2D eigenvalue weighted by atomic mass is 9.89. The summed E-state index contributed by atoms with van der Waals surface area (Å²) in [5, 5.41) is 7.52. The highest BCUT2D eigenvalue weighted by molar-refractivity contribution is 5.91. The van der Waals surface area contributed by atoms with Gasteiger partial charge in [-0.15, -0.1) is 0 Å². The number of carbonyl (C=O) groups excluding carboxylic acids is 5. The molecule has 2 fully saturated rings. The molecular weight excluding hydrogens is 765 g/mol. The van der Waals surface area contributed by atoms with Crippen LogP contribution < -0.4 is 10.6 Å². The smallest absolute Gasteiger partial charge is 0.269 e. The van der Waals surface area contributed by atoms with Crippen LogP contribution in [0.4, 0.5) is 0 Å².